The number of amides is 2. The number of para-hydroxylation sites is 1. The van der Waals surface area contributed by atoms with Crippen LogP contribution in [0.5, 0.6) is 0 Å². The van der Waals surface area contributed by atoms with Crippen LogP contribution >= 0.6 is 0 Å². The third-order valence-electron chi connectivity index (χ3n) is 6.40. The molecule has 2 aromatic rings. The molecule has 2 amide bonds. The molecule has 4 rings (SSSR count). The molecule has 2 aliphatic rings. The highest BCUT2D eigenvalue weighted by atomic mass is 16.4. The van der Waals surface area contributed by atoms with E-state index < -0.39 is 12.0 Å². The lowest BCUT2D eigenvalue weighted by molar-refractivity contribution is -0.142. The first-order valence-corrected chi connectivity index (χ1v) is 10.5. The molecule has 3 unspecified atom stereocenters. The van der Waals surface area contributed by atoms with E-state index in [4.69, 9.17) is 0 Å². The highest BCUT2D eigenvalue weighted by Crippen LogP contribution is 2.31. The van der Waals surface area contributed by atoms with Crippen molar-refractivity contribution in [3.05, 3.63) is 35.5 Å². The van der Waals surface area contributed by atoms with Crippen LogP contribution in [0.4, 0.5) is 4.79 Å². The van der Waals surface area contributed by atoms with Crippen molar-refractivity contribution in [3.8, 4) is 0 Å². The predicted octanol–water partition coefficient (Wildman–Crippen LogP) is 2.83. The zero-order valence-corrected chi connectivity index (χ0v) is 16.8. The van der Waals surface area contributed by atoms with E-state index in [-0.39, 0.29) is 19.0 Å². The van der Waals surface area contributed by atoms with Gasteiger partial charge in [0, 0.05) is 29.6 Å². The molecule has 0 spiro atoms. The monoisotopic (exact) mass is 410 g/mol. The topological polar surface area (TPSA) is 115 Å². The summed E-state index contributed by atoms with van der Waals surface area (Å²) in [4.78, 5) is 43.6. The molecule has 0 radical (unpaired) electrons. The molecule has 158 valence electrons. The van der Waals surface area contributed by atoms with Crippen molar-refractivity contribution in [2.24, 2.45) is 16.8 Å². The standard InChI is InChI=1S/C22H26N4O4/c27-13-23-10-14-4-3-5-15(8-14)11-24-22(30)26-12-19-17(9-20(26)21(28)29)16-6-1-2-7-18(16)25-19/h1-2,6-7,14-15,20,25H,3-5,8-12H2,(H,24,30)(H,28,29). The van der Waals surface area contributed by atoms with Crippen molar-refractivity contribution in [2.45, 2.75) is 44.7 Å². The van der Waals surface area contributed by atoms with Crippen LogP contribution in [0.15, 0.2) is 29.3 Å². The quantitative estimate of drug-likeness (QED) is 0.519. The second-order valence-electron chi connectivity index (χ2n) is 8.33. The van der Waals surface area contributed by atoms with Crippen LogP contribution in [0.1, 0.15) is 36.9 Å². The lowest BCUT2D eigenvalue weighted by Gasteiger charge is -2.34. The van der Waals surface area contributed by atoms with Gasteiger partial charge in [-0.15, -0.1) is 0 Å². The van der Waals surface area contributed by atoms with Crippen molar-refractivity contribution < 1.29 is 19.5 Å². The van der Waals surface area contributed by atoms with Gasteiger partial charge in [0.15, 0.2) is 0 Å². The maximum Gasteiger partial charge on any atom is 0.326 e. The Hall–Kier alpha value is -3.12. The van der Waals surface area contributed by atoms with Crippen LogP contribution < -0.4 is 5.32 Å². The summed E-state index contributed by atoms with van der Waals surface area (Å²) < 4.78 is 0. The van der Waals surface area contributed by atoms with Crippen LogP contribution in [0.2, 0.25) is 0 Å². The Morgan fingerprint density at radius 3 is 2.87 bits per heavy atom. The smallest absolute Gasteiger partial charge is 0.326 e. The molecule has 1 fully saturated rings. The van der Waals surface area contributed by atoms with Crippen molar-refractivity contribution >= 4 is 29.0 Å². The Balaban J connectivity index is 1.43. The van der Waals surface area contributed by atoms with E-state index in [9.17, 15) is 19.5 Å². The summed E-state index contributed by atoms with van der Waals surface area (Å²) >= 11 is 0. The minimum atomic E-state index is -0.995. The number of fused-ring (bicyclic) bond motifs is 3. The van der Waals surface area contributed by atoms with Crippen molar-refractivity contribution in [2.75, 3.05) is 13.1 Å². The number of rotatable bonds is 5. The van der Waals surface area contributed by atoms with Gasteiger partial charge in [-0.3, -0.25) is 0 Å². The number of aliphatic imine (C=N–C) groups is 1. The molecular weight excluding hydrogens is 384 g/mol. The number of aromatic nitrogens is 1. The van der Waals surface area contributed by atoms with E-state index in [2.05, 4.69) is 15.3 Å². The Morgan fingerprint density at radius 1 is 1.27 bits per heavy atom. The third-order valence-corrected chi connectivity index (χ3v) is 6.40. The molecule has 1 aliphatic heterocycles. The van der Waals surface area contributed by atoms with E-state index in [0.29, 0.717) is 24.9 Å². The number of aliphatic carboxylic acids is 1. The summed E-state index contributed by atoms with van der Waals surface area (Å²) in [6.45, 7) is 1.24. The first-order valence-electron chi connectivity index (χ1n) is 10.5. The van der Waals surface area contributed by atoms with Crippen molar-refractivity contribution in [1.82, 2.24) is 15.2 Å². The number of nitrogens with one attached hydrogen (secondary N) is 2. The fraction of sp³-hybridized carbons (Fsp3) is 0.500. The molecule has 1 saturated carbocycles. The third kappa shape index (κ3) is 4.09. The van der Waals surface area contributed by atoms with Gasteiger partial charge in [0.05, 0.1) is 13.1 Å². The molecule has 0 bridgehead atoms. The number of hydrogen-bond acceptors (Lipinski definition) is 4. The number of carboxylic acid groups (broad SMARTS) is 1. The molecule has 8 heteroatoms. The summed E-state index contributed by atoms with van der Waals surface area (Å²) in [6.07, 6.45) is 5.87. The van der Waals surface area contributed by atoms with Crippen molar-refractivity contribution in [3.63, 3.8) is 0 Å². The minimum Gasteiger partial charge on any atom is -0.480 e. The highest BCUT2D eigenvalue weighted by Gasteiger charge is 2.36. The van der Waals surface area contributed by atoms with Crippen LogP contribution in [0.3, 0.4) is 0 Å². The first-order chi connectivity index (χ1) is 14.6. The average molecular weight is 410 g/mol. The molecule has 3 atom stereocenters. The van der Waals surface area contributed by atoms with Gasteiger partial charge in [0.25, 0.3) is 0 Å². The van der Waals surface area contributed by atoms with E-state index in [1.54, 1.807) is 6.08 Å². The van der Waals surface area contributed by atoms with Crippen molar-refractivity contribution in [1.29, 1.82) is 0 Å². The van der Waals surface area contributed by atoms with Gasteiger partial charge in [0.2, 0.25) is 6.08 Å². The van der Waals surface area contributed by atoms with E-state index in [0.717, 1.165) is 47.8 Å². The van der Waals surface area contributed by atoms with Gasteiger partial charge in [-0.05, 0) is 42.7 Å². The van der Waals surface area contributed by atoms with Crippen LogP contribution in [-0.2, 0) is 22.6 Å². The number of isocyanates is 1. The molecule has 8 nitrogen and oxygen atoms in total. The summed E-state index contributed by atoms with van der Waals surface area (Å²) in [6, 6.07) is 6.57. The van der Waals surface area contributed by atoms with Crippen LogP contribution in [-0.4, -0.2) is 52.2 Å². The molecular formula is C22H26N4O4. The maximum atomic E-state index is 12.9. The number of nitrogens with zero attached hydrogens (tertiary/aromatic N) is 2. The maximum absolute atomic E-state index is 12.9. The normalized spacial score (nSPS) is 23.5. The number of benzene rings is 1. The zero-order chi connectivity index (χ0) is 21.1. The van der Waals surface area contributed by atoms with E-state index in [1.807, 2.05) is 24.3 Å². The molecule has 1 aromatic carbocycles. The minimum absolute atomic E-state index is 0.244. The SMILES string of the molecule is O=C=NCC1CCCC(CNC(=O)N2Cc3[nH]c4ccccc4c3CC2C(=O)O)C1. The lowest BCUT2D eigenvalue weighted by Crippen LogP contribution is -2.53. The van der Waals surface area contributed by atoms with Gasteiger partial charge in [-0.25, -0.2) is 19.4 Å². The molecule has 0 saturated heterocycles. The van der Waals surface area contributed by atoms with Gasteiger partial charge in [-0.1, -0.05) is 24.6 Å². The number of aromatic amines is 1. The second kappa shape index (κ2) is 8.71. The fourth-order valence-electron chi connectivity index (χ4n) is 4.90. The molecule has 2 heterocycles. The highest BCUT2D eigenvalue weighted by molar-refractivity contribution is 5.89. The first kappa shape index (κ1) is 20.2. The Labute approximate surface area is 174 Å². The summed E-state index contributed by atoms with van der Waals surface area (Å²) in [5, 5.41) is 13.7. The number of urea groups is 1. The van der Waals surface area contributed by atoms with E-state index >= 15 is 0 Å². The lowest BCUT2D eigenvalue weighted by atomic mass is 9.81. The number of carbonyl (C=O) groups excluding carboxylic acids is 2. The van der Waals surface area contributed by atoms with Gasteiger partial charge < -0.3 is 20.3 Å². The van der Waals surface area contributed by atoms with Gasteiger partial charge in [0.1, 0.15) is 6.04 Å². The number of hydrogen-bond donors (Lipinski definition) is 3. The van der Waals surface area contributed by atoms with Crippen LogP contribution in [0, 0.1) is 11.8 Å². The summed E-state index contributed by atoms with van der Waals surface area (Å²) in [7, 11) is 0. The predicted molar refractivity (Wildman–Crippen MR) is 111 cm³/mol. The second-order valence-corrected chi connectivity index (χ2v) is 8.33. The van der Waals surface area contributed by atoms with Gasteiger partial charge >= 0.3 is 12.0 Å². The Kier molecular flexibility index (Phi) is 5.86. The Morgan fingerprint density at radius 2 is 2.07 bits per heavy atom. The molecule has 3 N–H and O–H groups in total. The molecule has 1 aromatic heterocycles. The average Bonchev–Trinajstić information content (AvgIpc) is 3.13. The fourth-order valence-corrected chi connectivity index (χ4v) is 4.90. The number of H-pyrrole nitrogens is 1. The summed E-state index contributed by atoms with van der Waals surface area (Å²) in [5.74, 6) is -0.338. The Bertz CT molecular complexity index is 994. The number of carboxylic acids is 1. The van der Waals surface area contributed by atoms with Gasteiger partial charge in [-0.2, -0.15) is 0 Å². The van der Waals surface area contributed by atoms with E-state index in [1.165, 1.54) is 4.90 Å². The van der Waals surface area contributed by atoms with Crippen LogP contribution in [0.25, 0.3) is 10.9 Å². The number of carbonyl (C=O) groups is 2. The zero-order valence-electron chi connectivity index (χ0n) is 16.8. The molecule has 30 heavy (non-hydrogen) atoms. The molecule has 1 aliphatic carbocycles. The summed E-state index contributed by atoms with van der Waals surface area (Å²) in [5.41, 5.74) is 2.83. The largest absolute Gasteiger partial charge is 0.480 e.